The van der Waals surface area contributed by atoms with Crippen molar-refractivity contribution < 1.29 is 4.79 Å². The van der Waals surface area contributed by atoms with Crippen LogP contribution in [0, 0.1) is 17.5 Å². The first-order valence-corrected chi connectivity index (χ1v) is 5.40. The highest BCUT2D eigenvalue weighted by Gasteiger charge is 2.15. The molecule has 6 heteroatoms. The quantitative estimate of drug-likeness (QED) is 0.799. The number of amides is 1. The molecule has 0 radical (unpaired) electrons. The van der Waals surface area contributed by atoms with Gasteiger partial charge in [-0.25, -0.2) is 9.97 Å². The highest BCUT2D eigenvalue weighted by molar-refractivity contribution is 14.1. The van der Waals surface area contributed by atoms with Crippen molar-refractivity contribution in [2.75, 3.05) is 0 Å². The Kier molecular flexibility index (Phi) is 2.37. The Hall–Kier alpha value is -1.18. The van der Waals surface area contributed by atoms with E-state index in [4.69, 9.17) is 5.73 Å². The number of nitrogens with two attached hydrogens (primary N) is 1. The van der Waals surface area contributed by atoms with E-state index in [2.05, 4.69) is 32.6 Å². The lowest BCUT2D eigenvalue weighted by Crippen LogP contribution is -2.16. The Morgan fingerprint density at radius 1 is 1.47 bits per heavy atom. The van der Waals surface area contributed by atoms with Gasteiger partial charge in [-0.3, -0.25) is 9.20 Å². The summed E-state index contributed by atoms with van der Waals surface area (Å²) in [5.41, 5.74) is 6.90. The van der Waals surface area contributed by atoms with Gasteiger partial charge >= 0.3 is 0 Å². The number of nitrogens with zero attached hydrogens (tertiary/aromatic N) is 3. The highest BCUT2D eigenvalue weighted by atomic mass is 127. The van der Waals surface area contributed by atoms with Gasteiger partial charge in [0.25, 0.3) is 5.91 Å². The maximum Gasteiger partial charge on any atom is 0.254 e. The van der Waals surface area contributed by atoms with E-state index in [1.807, 2.05) is 13.1 Å². The number of carbonyl (C=O) groups is 1. The average Bonchev–Trinajstić information content (AvgIpc) is 2.45. The van der Waals surface area contributed by atoms with E-state index in [9.17, 15) is 4.79 Å². The number of primary amides is 1. The number of rotatable bonds is 1. The summed E-state index contributed by atoms with van der Waals surface area (Å²) in [4.78, 5) is 19.8. The Labute approximate surface area is 99.8 Å². The van der Waals surface area contributed by atoms with Gasteiger partial charge in [0.1, 0.15) is 15.1 Å². The summed E-state index contributed by atoms with van der Waals surface area (Å²) >= 11 is 2.09. The van der Waals surface area contributed by atoms with Crippen molar-refractivity contribution in [2.24, 2.45) is 5.73 Å². The van der Waals surface area contributed by atoms with Gasteiger partial charge in [0.2, 0.25) is 0 Å². The van der Waals surface area contributed by atoms with E-state index in [0.29, 0.717) is 16.9 Å². The fraction of sp³-hybridized carbons (Fsp3) is 0.222. The number of aryl methyl sites for hydroxylation is 2. The van der Waals surface area contributed by atoms with Crippen LogP contribution in [0.4, 0.5) is 0 Å². The second kappa shape index (κ2) is 3.44. The molecule has 2 aromatic rings. The van der Waals surface area contributed by atoms with E-state index < -0.39 is 5.91 Å². The van der Waals surface area contributed by atoms with Crippen LogP contribution in [0.15, 0.2) is 6.20 Å². The first-order valence-electron chi connectivity index (χ1n) is 4.32. The predicted octanol–water partition coefficient (Wildman–Crippen LogP) is 1.05. The standard InChI is InChI=1S/C9H9IN4O/c1-4-7(8(11)15)9-13-6(10)3-14(9)5(2)12-4/h3H,1-2H3,(H2,11,15). The Morgan fingerprint density at radius 3 is 2.73 bits per heavy atom. The molecule has 0 aliphatic heterocycles. The van der Waals surface area contributed by atoms with Gasteiger partial charge in [-0.2, -0.15) is 0 Å². The Balaban J connectivity index is 2.95. The van der Waals surface area contributed by atoms with Gasteiger partial charge in [-0.15, -0.1) is 0 Å². The number of hydrogen-bond donors (Lipinski definition) is 1. The minimum Gasteiger partial charge on any atom is -0.365 e. The zero-order valence-electron chi connectivity index (χ0n) is 8.28. The number of fused-ring (bicyclic) bond motifs is 1. The molecular formula is C9H9IN4O. The summed E-state index contributed by atoms with van der Waals surface area (Å²) in [6.07, 6.45) is 1.82. The predicted molar refractivity (Wildman–Crippen MR) is 63.7 cm³/mol. The van der Waals surface area contributed by atoms with Gasteiger partial charge < -0.3 is 5.73 Å². The molecule has 0 aromatic carbocycles. The number of imidazole rings is 1. The third kappa shape index (κ3) is 1.58. The number of halogens is 1. The molecule has 0 saturated carbocycles. The van der Waals surface area contributed by atoms with Crippen molar-refractivity contribution in [2.45, 2.75) is 13.8 Å². The molecule has 2 heterocycles. The Bertz CT molecular complexity index is 561. The first-order chi connectivity index (χ1) is 7.00. The van der Waals surface area contributed by atoms with E-state index in [-0.39, 0.29) is 0 Å². The maximum atomic E-state index is 11.3. The molecule has 0 atom stereocenters. The maximum absolute atomic E-state index is 11.3. The van der Waals surface area contributed by atoms with Crippen LogP contribution in [-0.4, -0.2) is 20.3 Å². The van der Waals surface area contributed by atoms with Crippen molar-refractivity contribution in [3.63, 3.8) is 0 Å². The first kappa shape index (κ1) is 10.3. The van der Waals surface area contributed by atoms with Crippen molar-refractivity contribution in [3.8, 4) is 0 Å². The topological polar surface area (TPSA) is 73.3 Å². The smallest absolute Gasteiger partial charge is 0.254 e. The third-order valence-electron chi connectivity index (χ3n) is 2.19. The summed E-state index contributed by atoms with van der Waals surface area (Å²) in [6, 6.07) is 0. The highest BCUT2D eigenvalue weighted by Crippen LogP contribution is 2.16. The van der Waals surface area contributed by atoms with E-state index >= 15 is 0 Å². The minimum atomic E-state index is -0.494. The van der Waals surface area contributed by atoms with Crippen LogP contribution in [0.5, 0.6) is 0 Å². The van der Waals surface area contributed by atoms with Gasteiger partial charge in [-0.1, -0.05) is 0 Å². The van der Waals surface area contributed by atoms with Gasteiger partial charge in [-0.05, 0) is 36.4 Å². The fourth-order valence-corrected chi connectivity index (χ4v) is 2.08. The van der Waals surface area contributed by atoms with Crippen molar-refractivity contribution in [1.29, 1.82) is 0 Å². The molecule has 2 N–H and O–H groups in total. The molecule has 2 aromatic heterocycles. The molecule has 15 heavy (non-hydrogen) atoms. The summed E-state index contributed by atoms with van der Waals surface area (Å²) in [6.45, 7) is 3.62. The number of aromatic nitrogens is 3. The van der Waals surface area contributed by atoms with Crippen LogP contribution in [0.2, 0.25) is 0 Å². The lowest BCUT2D eigenvalue weighted by atomic mass is 10.2. The molecule has 0 aliphatic rings. The van der Waals surface area contributed by atoms with E-state index in [1.54, 1.807) is 11.3 Å². The molecule has 0 fully saturated rings. The second-order valence-electron chi connectivity index (χ2n) is 3.24. The molecule has 78 valence electrons. The molecule has 0 bridgehead atoms. The third-order valence-corrected chi connectivity index (χ3v) is 2.71. The molecule has 0 saturated heterocycles. The minimum absolute atomic E-state index is 0.392. The van der Waals surface area contributed by atoms with E-state index in [1.165, 1.54) is 0 Å². The fourth-order valence-electron chi connectivity index (χ4n) is 1.58. The summed E-state index contributed by atoms with van der Waals surface area (Å²) < 4.78 is 2.58. The molecule has 1 amide bonds. The Morgan fingerprint density at radius 2 is 2.13 bits per heavy atom. The monoisotopic (exact) mass is 316 g/mol. The lowest BCUT2D eigenvalue weighted by molar-refractivity contribution is 0.100. The molecule has 0 spiro atoms. The summed E-state index contributed by atoms with van der Waals surface area (Å²) in [5, 5.41) is 0. The molecule has 5 nitrogen and oxygen atoms in total. The van der Waals surface area contributed by atoms with Crippen LogP contribution < -0.4 is 5.73 Å². The van der Waals surface area contributed by atoms with Crippen LogP contribution in [0.3, 0.4) is 0 Å². The van der Waals surface area contributed by atoms with Gasteiger partial charge in [0, 0.05) is 6.20 Å². The largest absolute Gasteiger partial charge is 0.365 e. The molecule has 0 aliphatic carbocycles. The van der Waals surface area contributed by atoms with Gasteiger partial charge in [0.15, 0.2) is 5.65 Å². The molecular weight excluding hydrogens is 307 g/mol. The number of carbonyl (C=O) groups excluding carboxylic acids is 1. The normalized spacial score (nSPS) is 10.9. The zero-order valence-corrected chi connectivity index (χ0v) is 10.4. The van der Waals surface area contributed by atoms with Crippen LogP contribution in [0.1, 0.15) is 21.9 Å². The summed E-state index contributed by atoms with van der Waals surface area (Å²) in [5.74, 6) is 0.301. The SMILES string of the molecule is Cc1nc(C)n2cc(I)nc2c1C(N)=O. The van der Waals surface area contributed by atoms with Gasteiger partial charge in [0.05, 0.1) is 5.69 Å². The van der Waals surface area contributed by atoms with Crippen molar-refractivity contribution >= 4 is 34.1 Å². The van der Waals surface area contributed by atoms with Crippen LogP contribution >= 0.6 is 22.6 Å². The second-order valence-corrected chi connectivity index (χ2v) is 4.35. The average molecular weight is 316 g/mol. The van der Waals surface area contributed by atoms with Crippen LogP contribution in [0.25, 0.3) is 5.65 Å². The zero-order chi connectivity index (χ0) is 11.2. The van der Waals surface area contributed by atoms with Crippen molar-refractivity contribution in [1.82, 2.24) is 14.4 Å². The van der Waals surface area contributed by atoms with E-state index in [0.717, 1.165) is 9.53 Å². The number of hydrogen-bond acceptors (Lipinski definition) is 3. The lowest BCUT2D eigenvalue weighted by Gasteiger charge is -2.05. The molecule has 2 rings (SSSR count). The van der Waals surface area contributed by atoms with Crippen molar-refractivity contribution in [3.05, 3.63) is 27.0 Å². The molecule has 0 unspecified atom stereocenters. The van der Waals surface area contributed by atoms with Crippen LogP contribution in [-0.2, 0) is 0 Å². The summed E-state index contributed by atoms with van der Waals surface area (Å²) in [7, 11) is 0.